The van der Waals surface area contributed by atoms with E-state index < -0.39 is 0 Å². The van der Waals surface area contributed by atoms with Gasteiger partial charge in [0.25, 0.3) is 0 Å². The van der Waals surface area contributed by atoms with Gasteiger partial charge in [0.05, 0.1) is 11.7 Å². The van der Waals surface area contributed by atoms with Crippen molar-refractivity contribution in [3.8, 4) is 16.9 Å². The normalized spacial score (nSPS) is 11.9. The summed E-state index contributed by atoms with van der Waals surface area (Å²) in [6.07, 6.45) is 24.2. The molecule has 0 N–H and O–H groups in total. The summed E-state index contributed by atoms with van der Waals surface area (Å²) in [7, 11) is 0. The molecule has 0 aliphatic rings. The fraction of sp³-hybridized carbons (Fsp3) is 0.548. The van der Waals surface area contributed by atoms with Crippen LogP contribution in [0.5, 0.6) is 5.75 Å². The molecule has 0 saturated heterocycles. The molecule has 0 saturated carbocycles. The summed E-state index contributed by atoms with van der Waals surface area (Å²) in [4.78, 5) is 12.7. The van der Waals surface area contributed by atoms with E-state index in [1.807, 2.05) is 48.5 Å². The van der Waals surface area contributed by atoms with Gasteiger partial charge in [-0.3, -0.25) is 0 Å². The largest absolute Gasteiger partial charge is 0.423 e. The SMILES string of the molecule is CCCCCCCCCCCCCCCCCCOC(C)c1ccc(C(=O)Oc2ccc(-c3ccc(CCC)cc3)cc2)cc1. The average molecular weight is 613 g/mol. The molecular weight excluding hydrogens is 552 g/mol. The fourth-order valence-electron chi connectivity index (χ4n) is 5.93. The number of rotatable bonds is 24. The molecule has 45 heavy (non-hydrogen) atoms. The van der Waals surface area contributed by atoms with Crippen LogP contribution < -0.4 is 4.74 Å². The summed E-state index contributed by atoms with van der Waals surface area (Å²) in [5.41, 5.74) is 5.25. The van der Waals surface area contributed by atoms with Crippen LogP contribution in [0.1, 0.15) is 158 Å². The van der Waals surface area contributed by atoms with Crippen LogP contribution in [0.3, 0.4) is 0 Å². The fourth-order valence-corrected chi connectivity index (χ4v) is 5.93. The van der Waals surface area contributed by atoms with Gasteiger partial charge in [-0.2, -0.15) is 0 Å². The van der Waals surface area contributed by atoms with Crippen molar-refractivity contribution >= 4 is 5.97 Å². The molecule has 0 heterocycles. The van der Waals surface area contributed by atoms with Crippen LogP contribution in [-0.2, 0) is 11.2 Å². The van der Waals surface area contributed by atoms with Gasteiger partial charge in [0.1, 0.15) is 5.75 Å². The van der Waals surface area contributed by atoms with Crippen LogP contribution >= 0.6 is 0 Å². The van der Waals surface area contributed by atoms with Crippen molar-refractivity contribution in [2.45, 2.75) is 142 Å². The number of ether oxygens (including phenoxy) is 2. The zero-order valence-electron chi connectivity index (χ0n) is 28.7. The molecule has 0 aromatic heterocycles. The Kier molecular flexibility index (Phi) is 18.3. The number of benzene rings is 3. The van der Waals surface area contributed by atoms with Gasteiger partial charge in [0.15, 0.2) is 0 Å². The lowest BCUT2D eigenvalue weighted by Gasteiger charge is -2.14. The molecule has 3 aromatic rings. The van der Waals surface area contributed by atoms with Crippen LogP contribution in [0, 0.1) is 0 Å². The third-order valence-corrected chi connectivity index (χ3v) is 8.87. The maximum absolute atomic E-state index is 12.7. The van der Waals surface area contributed by atoms with Crippen LogP contribution in [-0.4, -0.2) is 12.6 Å². The van der Waals surface area contributed by atoms with Crippen molar-refractivity contribution in [1.29, 1.82) is 0 Å². The van der Waals surface area contributed by atoms with Crippen molar-refractivity contribution in [3.05, 3.63) is 89.5 Å². The first-order valence-corrected chi connectivity index (χ1v) is 18.2. The van der Waals surface area contributed by atoms with Crippen molar-refractivity contribution in [2.75, 3.05) is 6.61 Å². The van der Waals surface area contributed by atoms with Crippen LogP contribution in [0.25, 0.3) is 11.1 Å². The van der Waals surface area contributed by atoms with Gasteiger partial charge < -0.3 is 9.47 Å². The Balaban J connectivity index is 1.23. The molecule has 3 rings (SSSR count). The predicted molar refractivity (Wildman–Crippen MR) is 191 cm³/mol. The van der Waals surface area contributed by atoms with Crippen LogP contribution in [0.2, 0.25) is 0 Å². The van der Waals surface area contributed by atoms with E-state index in [1.165, 1.54) is 102 Å². The van der Waals surface area contributed by atoms with Gasteiger partial charge in [0.2, 0.25) is 0 Å². The van der Waals surface area contributed by atoms with E-state index in [0.29, 0.717) is 11.3 Å². The van der Waals surface area contributed by atoms with Gasteiger partial charge in [-0.25, -0.2) is 4.79 Å². The molecule has 3 heteroatoms. The van der Waals surface area contributed by atoms with E-state index in [-0.39, 0.29) is 12.1 Å². The molecule has 0 spiro atoms. The molecular formula is C42H60O3. The molecule has 0 aliphatic carbocycles. The second-order valence-electron chi connectivity index (χ2n) is 12.8. The van der Waals surface area contributed by atoms with E-state index >= 15 is 0 Å². The number of esters is 1. The summed E-state index contributed by atoms with van der Waals surface area (Å²) in [5.74, 6) is 0.200. The van der Waals surface area contributed by atoms with Crippen molar-refractivity contribution < 1.29 is 14.3 Å². The first kappa shape index (κ1) is 36.6. The van der Waals surface area contributed by atoms with E-state index in [9.17, 15) is 4.79 Å². The number of carbonyl (C=O) groups is 1. The molecule has 0 bridgehead atoms. The Hall–Kier alpha value is -2.91. The number of unbranched alkanes of at least 4 members (excludes halogenated alkanes) is 15. The Morgan fingerprint density at radius 1 is 0.556 bits per heavy atom. The van der Waals surface area contributed by atoms with E-state index in [1.54, 1.807) is 0 Å². The minimum Gasteiger partial charge on any atom is -0.423 e. The van der Waals surface area contributed by atoms with E-state index in [2.05, 4.69) is 45.0 Å². The Morgan fingerprint density at radius 3 is 1.51 bits per heavy atom. The summed E-state index contributed by atoms with van der Waals surface area (Å²) < 4.78 is 11.7. The predicted octanol–water partition coefficient (Wildman–Crippen LogP) is 12.9. The molecule has 3 aromatic carbocycles. The quantitative estimate of drug-likeness (QED) is 0.0573. The molecule has 0 amide bonds. The van der Waals surface area contributed by atoms with E-state index in [0.717, 1.165) is 42.6 Å². The topological polar surface area (TPSA) is 35.5 Å². The van der Waals surface area contributed by atoms with Gasteiger partial charge in [0, 0.05) is 6.61 Å². The Labute approximate surface area is 275 Å². The summed E-state index contributed by atoms with van der Waals surface area (Å²) in [6.45, 7) is 7.34. The first-order valence-electron chi connectivity index (χ1n) is 18.2. The van der Waals surface area contributed by atoms with Gasteiger partial charge in [-0.15, -0.1) is 0 Å². The highest BCUT2D eigenvalue weighted by atomic mass is 16.5. The molecule has 1 atom stereocenters. The Bertz CT molecular complexity index is 1160. The van der Waals surface area contributed by atoms with Crippen molar-refractivity contribution in [3.63, 3.8) is 0 Å². The lowest BCUT2D eigenvalue weighted by atomic mass is 10.0. The van der Waals surface area contributed by atoms with Crippen LogP contribution in [0.15, 0.2) is 72.8 Å². The number of hydrogen-bond donors (Lipinski definition) is 0. The molecule has 0 fully saturated rings. The summed E-state index contributed by atoms with van der Waals surface area (Å²) in [6, 6.07) is 24.0. The molecule has 1 unspecified atom stereocenters. The number of aryl methyl sites for hydroxylation is 1. The first-order chi connectivity index (χ1) is 22.1. The maximum Gasteiger partial charge on any atom is 0.343 e. The van der Waals surface area contributed by atoms with Gasteiger partial charge in [-0.05, 0) is 66.3 Å². The monoisotopic (exact) mass is 612 g/mol. The van der Waals surface area contributed by atoms with Crippen LogP contribution in [0.4, 0.5) is 0 Å². The van der Waals surface area contributed by atoms with Gasteiger partial charge >= 0.3 is 5.97 Å². The highest BCUT2D eigenvalue weighted by Crippen LogP contribution is 2.24. The van der Waals surface area contributed by atoms with E-state index in [4.69, 9.17) is 9.47 Å². The van der Waals surface area contributed by atoms with Crippen molar-refractivity contribution in [2.24, 2.45) is 0 Å². The summed E-state index contributed by atoms with van der Waals surface area (Å²) in [5, 5.41) is 0. The zero-order chi connectivity index (χ0) is 32.0. The molecule has 0 aliphatic heterocycles. The lowest BCUT2D eigenvalue weighted by molar-refractivity contribution is 0.0626. The maximum atomic E-state index is 12.7. The molecule has 246 valence electrons. The highest BCUT2D eigenvalue weighted by Gasteiger charge is 2.11. The molecule has 3 nitrogen and oxygen atoms in total. The minimum absolute atomic E-state index is 0.00925. The zero-order valence-corrected chi connectivity index (χ0v) is 28.7. The number of hydrogen-bond acceptors (Lipinski definition) is 3. The third-order valence-electron chi connectivity index (χ3n) is 8.87. The smallest absolute Gasteiger partial charge is 0.343 e. The molecule has 0 radical (unpaired) electrons. The highest BCUT2D eigenvalue weighted by molar-refractivity contribution is 5.91. The third kappa shape index (κ3) is 14.8. The van der Waals surface area contributed by atoms with Gasteiger partial charge in [-0.1, -0.05) is 165 Å². The second kappa shape index (κ2) is 22.6. The Morgan fingerprint density at radius 2 is 1.02 bits per heavy atom. The summed E-state index contributed by atoms with van der Waals surface area (Å²) >= 11 is 0. The lowest BCUT2D eigenvalue weighted by Crippen LogP contribution is -2.09. The average Bonchev–Trinajstić information content (AvgIpc) is 3.07. The minimum atomic E-state index is -0.347. The number of carbonyl (C=O) groups excluding carboxylic acids is 1. The standard InChI is InChI=1S/C42H60O3/c1-4-6-7-8-9-10-11-12-13-14-15-16-17-18-19-20-34-44-35(3)37-26-28-40(29-27-37)42(43)45-41-32-30-39(31-33-41)38-24-22-36(21-5-2)23-25-38/h22-33,35H,4-21,34H2,1-3H3. The van der Waals surface area contributed by atoms with Crippen molar-refractivity contribution in [1.82, 2.24) is 0 Å². The second-order valence-corrected chi connectivity index (χ2v) is 12.8.